The van der Waals surface area contributed by atoms with Gasteiger partial charge in [-0.15, -0.1) is 0 Å². The summed E-state index contributed by atoms with van der Waals surface area (Å²) >= 11 is 0. The second-order valence-corrected chi connectivity index (χ2v) is 3.13. The summed E-state index contributed by atoms with van der Waals surface area (Å²) in [4.78, 5) is 21.2. The zero-order valence-corrected chi connectivity index (χ0v) is 8.68. The van der Waals surface area contributed by atoms with Crippen LogP contribution in [0.4, 0.5) is 4.79 Å². The van der Waals surface area contributed by atoms with Crippen LogP contribution in [0.5, 0.6) is 0 Å². The lowest BCUT2D eigenvalue weighted by atomic mass is 10.2. The zero-order chi connectivity index (χ0) is 11.8. The van der Waals surface area contributed by atoms with Crippen LogP contribution in [0.2, 0.25) is 0 Å². The van der Waals surface area contributed by atoms with E-state index in [0.29, 0.717) is 0 Å². The Morgan fingerprint density at radius 2 is 1.94 bits per heavy atom. The summed E-state index contributed by atoms with van der Waals surface area (Å²) in [6.45, 7) is 0.287. The van der Waals surface area contributed by atoms with E-state index >= 15 is 0 Å². The molecular formula is C11H13NO4. The molecule has 1 aromatic carbocycles. The minimum Gasteiger partial charge on any atom is -0.465 e. The summed E-state index contributed by atoms with van der Waals surface area (Å²) in [7, 11) is 0. The third kappa shape index (κ3) is 4.99. The van der Waals surface area contributed by atoms with Crippen molar-refractivity contribution < 1.29 is 19.4 Å². The van der Waals surface area contributed by atoms with Gasteiger partial charge in [0.25, 0.3) is 0 Å². The molecule has 1 amide bonds. The van der Waals surface area contributed by atoms with Crippen LogP contribution in [0.1, 0.15) is 12.0 Å². The molecule has 1 aromatic rings. The molecule has 1 rings (SSSR count). The van der Waals surface area contributed by atoms with Crippen molar-refractivity contribution in [2.45, 2.75) is 13.0 Å². The van der Waals surface area contributed by atoms with E-state index in [1.54, 1.807) is 0 Å². The van der Waals surface area contributed by atoms with E-state index in [-0.39, 0.29) is 19.6 Å². The van der Waals surface area contributed by atoms with Gasteiger partial charge in [0.05, 0.1) is 6.42 Å². The summed E-state index contributed by atoms with van der Waals surface area (Å²) in [6, 6.07) is 9.29. The molecule has 0 saturated carbocycles. The Morgan fingerprint density at radius 3 is 2.56 bits per heavy atom. The summed E-state index contributed by atoms with van der Waals surface area (Å²) in [5, 5.41) is 10.4. The van der Waals surface area contributed by atoms with Crippen LogP contribution in [-0.4, -0.2) is 23.7 Å². The van der Waals surface area contributed by atoms with Gasteiger partial charge in [0.1, 0.15) is 6.61 Å². The van der Waals surface area contributed by atoms with Gasteiger partial charge >= 0.3 is 12.1 Å². The normalized spacial score (nSPS) is 9.50. The molecule has 0 unspecified atom stereocenters. The van der Waals surface area contributed by atoms with Crippen LogP contribution in [0.3, 0.4) is 0 Å². The van der Waals surface area contributed by atoms with E-state index in [0.717, 1.165) is 5.56 Å². The quantitative estimate of drug-likeness (QED) is 0.739. The maximum atomic E-state index is 11.1. The van der Waals surface area contributed by atoms with Gasteiger partial charge < -0.3 is 15.2 Å². The van der Waals surface area contributed by atoms with E-state index in [2.05, 4.69) is 5.32 Å². The summed E-state index contributed by atoms with van der Waals surface area (Å²) < 4.78 is 4.94. The van der Waals surface area contributed by atoms with E-state index in [4.69, 9.17) is 9.84 Å². The maximum absolute atomic E-state index is 11.1. The standard InChI is InChI=1S/C11H13NO4/c13-10(6-7-12-11(14)15)16-8-9-4-2-1-3-5-9/h1-5,12H,6-8H2,(H,14,15). The van der Waals surface area contributed by atoms with Crippen molar-refractivity contribution >= 4 is 12.1 Å². The lowest BCUT2D eigenvalue weighted by molar-refractivity contribution is -0.144. The summed E-state index contributed by atoms with van der Waals surface area (Å²) in [5.41, 5.74) is 0.905. The average Bonchev–Trinajstić information content (AvgIpc) is 2.27. The molecule has 0 atom stereocenters. The second-order valence-electron chi connectivity index (χ2n) is 3.13. The molecule has 0 fully saturated rings. The van der Waals surface area contributed by atoms with E-state index in [9.17, 15) is 9.59 Å². The van der Waals surface area contributed by atoms with Gasteiger partial charge in [-0.1, -0.05) is 30.3 Å². The van der Waals surface area contributed by atoms with Crippen LogP contribution in [-0.2, 0) is 16.1 Å². The first-order chi connectivity index (χ1) is 7.68. The minimum absolute atomic E-state index is 0.0408. The van der Waals surface area contributed by atoms with Crippen molar-refractivity contribution in [3.05, 3.63) is 35.9 Å². The van der Waals surface area contributed by atoms with Crippen molar-refractivity contribution in [1.29, 1.82) is 0 Å². The number of carboxylic acid groups (broad SMARTS) is 1. The number of hydrogen-bond donors (Lipinski definition) is 2. The molecule has 5 heteroatoms. The summed E-state index contributed by atoms with van der Waals surface area (Å²) in [6.07, 6.45) is -1.10. The highest BCUT2D eigenvalue weighted by atomic mass is 16.5. The van der Waals surface area contributed by atoms with Gasteiger partial charge in [-0.05, 0) is 5.56 Å². The smallest absolute Gasteiger partial charge is 0.404 e. The highest BCUT2D eigenvalue weighted by Gasteiger charge is 2.03. The van der Waals surface area contributed by atoms with Gasteiger partial charge in [0, 0.05) is 6.54 Å². The largest absolute Gasteiger partial charge is 0.465 e. The van der Waals surface area contributed by atoms with Crippen LogP contribution in [0, 0.1) is 0 Å². The molecule has 0 bridgehead atoms. The van der Waals surface area contributed by atoms with Crippen molar-refractivity contribution in [1.82, 2.24) is 5.32 Å². The lowest BCUT2D eigenvalue weighted by Gasteiger charge is -2.04. The van der Waals surface area contributed by atoms with Gasteiger partial charge in [-0.2, -0.15) is 0 Å². The molecule has 0 spiro atoms. The monoisotopic (exact) mass is 223 g/mol. The zero-order valence-electron chi connectivity index (χ0n) is 8.68. The Hall–Kier alpha value is -2.04. The predicted octanol–water partition coefficient (Wildman–Crippen LogP) is 1.39. The molecule has 0 aromatic heterocycles. The number of hydrogen-bond acceptors (Lipinski definition) is 3. The number of esters is 1. The molecule has 0 radical (unpaired) electrons. The van der Waals surface area contributed by atoms with Crippen LogP contribution < -0.4 is 5.32 Å². The SMILES string of the molecule is O=C(O)NCCC(=O)OCc1ccccc1. The first-order valence-electron chi connectivity index (χ1n) is 4.85. The molecule has 0 aliphatic heterocycles. The first kappa shape index (κ1) is 12.0. The molecule has 0 saturated heterocycles. The molecule has 16 heavy (non-hydrogen) atoms. The number of carbonyl (C=O) groups excluding carboxylic acids is 1. The molecule has 0 aliphatic rings. The second kappa shape index (κ2) is 6.44. The Balaban J connectivity index is 2.18. The van der Waals surface area contributed by atoms with E-state index < -0.39 is 12.1 Å². The molecule has 0 heterocycles. The lowest BCUT2D eigenvalue weighted by Crippen LogP contribution is -2.24. The molecule has 0 aliphatic carbocycles. The van der Waals surface area contributed by atoms with Gasteiger partial charge in [0.15, 0.2) is 0 Å². The fraction of sp³-hybridized carbons (Fsp3) is 0.273. The van der Waals surface area contributed by atoms with Crippen molar-refractivity contribution in [3.63, 3.8) is 0 Å². The van der Waals surface area contributed by atoms with Crippen molar-refractivity contribution in [2.75, 3.05) is 6.54 Å². The van der Waals surface area contributed by atoms with E-state index in [1.807, 2.05) is 30.3 Å². The molecular weight excluding hydrogens is 210 g/mol. The summed E-state index contributed by atoms with van der Waals surface area (Å²) in [5.74, 6) is -0.419. The number of nitrogens with one attached hydrogen (secondary N) is 1. The Labute approximate surface area is 93.0 Å². The van der Waals surface area contributed by atoms with Gasteiger partial charge in [-0.25, -0.2) is 4.79 Å². The Bertz CT molecular complexity index is 350. The Kier molecular flexibility index (Phi) is 4.85. The molecule has 2 N–H and O–H groups in total. The maximum Gasteiger partial charge on any atom is 0.404 e. The number of carbonyl (C=O) groups is 2. The number of ether oxygens (including phenoxy) is 1. The van der Waals surface area contributed by atoms with Crippen LogP contribution >= 0.6 is 0 Å². The average molecular weight is 223 g/mol. The van der Waals surface area contributed by atoms with Gasteiger partial charge in [-0.3, -0.25) is 4.79 Å². The first-order valence-corrected chi connectivity index (χ1v) is 4.85. The number of benzene rings is 1. The highest BCUT2D eigenvalue weighted by Crippen LogP contribution is 2.01. The molecule has 5 nitrogen and oxygen atoms in total. The fourth-order valence-electron chi connectivity index (χ4n) is 1.08. The minimum atomic E-state index is -1.14. The third-order valence-electron chi connectivity index (χ3n) is 1.85. The number of amides is 1. The fourth-order valence-corrected chi connectivity index (χ4v) is 1.08. The van der Waals surface area contributed by atoms with E-state index in [1.165, 1.54) is 0 Å². The van der Waals surface area contributed by atoms with Crippen molar-refractivity contribution in [2.24, 2.45) is 0 Å². The van der Waals surface area contributed by atoms with Gasteiger partial charge in [0.2, 0.25) is 0 Å². The Morgan fingerprint density at radius 1 is 1.25 bits per heavy atom. The topological polar surface area (TPSA) is 75.6 Å². The van der Waals surface area contributed by atoms with Crippen molar-refractivity contribution in [3.8, 4) is 0 Å². The highest BCUT2D eigenvalue weighted by molar-refractivity contribution is 5.71. The third-order valence-corrected chi connectivity index (χ3v) is 1.85. The molecule has 86 valence electrons. The predicted molar refractivity (Wildman–Crippen MR) is 56.9 cm³/mol. The number of rotatable bonds is 5. The van der Waals surface area contributed by atoms with Crippen LogP contribution in [0.25, 0.3) is 0 Å². The van der Waals surface area contributed by atoms with Crippen LogP contribution in [0.15, 0.2) is 30.3 Å².